The van der Waals surface area contributed by atoms with E-state index in [1.54, 1.807) is 18.3 Å². The van der Waals surface area contributed by atoms with Crippen LogP contribution in [0.2, 0.25) is 0 Å². The minimum atomic E-state index is -0.898. The standard InChI is InChI=1S/C13H20N2O3S/c1-4-15(9(2)8-12(16)17)13(18)14-10(3)11-6-5-7-19-11/h5-7,9-10H,4,8H2,1-3H3,(H,14,18)(H,16,17). The van der Waals surface area contributed by atoms with Crippen LogP contribution in [0.3, 0.4) is 0 Å². The van der Waals surface area contributed by atoms with E-state index in [9.17, 15) is 9.59 Å². The summed E-state index contributed by atoms with van der Waals surface area (Å²) in [7, 11) is 0. The predicted octanol–water partition coefficient (Wildman–Crippen LogP) is 2.70. The molecule has 1 heterocycles. The van der Waals surface area contributed by atoms with Crippen LogP contribution in [0.25, 0.3) is 0 Å². The molecule has 2 N–H and O–H groups in total. The monoisotopic (exact) mass is 284 g/mol. The Hall–Kier alpha value is -1.56. The Labute approximate surface area is 117 Å². The highest BCUT2D eigenvalue weighted by molar-refractivity contribution is 7.10. The number of carboxylic acids is 1. The number of nitrogens with zero attached hydrogens (tertiary/aromatic N) is 1. The van der Waals surface area contributed by atoms with Gasteiger partial charge in [0.2, 0.25) is 0 Å². The zero-order valence-electron chi connectivity index (χ0n) is 11.4. The minimum Gasteiger partial charge on any atom is -0.481 e. The maximum atomic E-state index is 12.1. The Bertz CT molecular complexity index is 420. The van der Waals surface area contributed by atoms with Gasteiger partial charge in [-0.15, -0.1) is 11.3 Å². The fourth-order valence-corrected chi connectivity index (χ4v) is 2.63. The number of aliphatic carboxylic acids is 1. The Morgan fingerprint density at radius 1 is 1.47 bits per heavy atom. The predicted molar refractivity (Wildman–Crippen MR) is 75.4 cm³/mol. The first-order chi connectivity index (χ1) is 8.95. The molecule has 0 radical (unpaired) electrons. The summed E-state index contributed by atoms with van der Waals surface area (Å²) in [6.07, 6.45) is -0.0470. The summed E-state index contributed by atoms with van der Waals surface area (Å²) < 4.78 is 0. The van der Waals surface area contributed by atoms with Crippen molar-refractivity contribution in [2.24, 2.45) is 0 Å². The van der Waals surface area contributed by atoms with Crippen molar-refractivity contribution in [1.29, 1.82) is 0 Å². The number of carbonyl (C=O) groups excluding carboxylic acids is 1. The van der Waals surface area contributed by atoms with Crippen LogP contribution in [0.1, 0.15) is 38.1 Å². The molecular formula is C13H20N2O3S. The van der Waals surface area contributed by atoms with Crippen molar-refractivity contribution in [2.45, 2.75) is 39.3 Å². The zero-order valence-corrected chi connectivity index (χ0v) is 12.2. The molecule has 0 spiro atoms. The van der Waals surface area contributed by atoms with Crippen LogP contribution in [0.4, 0.5) is 4.79 Å². The first-order valence-electron chi connectivity index (χ1n) is 6.28. The Morgan fingerprint density at radius 3 is 2.63 bits per heavy atom. The number of rotatable bonds is 6. The van der Waals surface area contributed by atoms with Gasteiger partial charge in [0.15, 0.2) is 0 Å². The average molecular weight is 284 g/mol. The van der Waals surface area contributed by atoms with Crippen LogP contribution in [0, 0.1) is 0 Å². The molecule has 0 fully saturated rings. The van der Waals surface area contributed by atoms with Gasteiger partial charge in [-0.25, -0.2) is 4.79 Å². The van der Waals surface area contributed by atoms with E-state index in [-0.39, 0.29) is 24.5 Å². The van der Waals surface area contributed by atoms with Crippen LogP contribution in [-0.4, -0.2) is 34.6 Å². The van der Waals surface area contributed by atoms with E-state index in [1.165, 1.54) is 4.90 Å². The van der Waals surface area contributed by atoms with Crippen molar-refractivity contribution >= 4 is 23.3 Å². The number of amides is 2. The lowest BCUT2D eigenvalue weighted by atomic mass is 10.2. The molecule has 0 aromatic carbocycles. The molecule has 1 aromatic heterocycles. The molecule has 0 saturated carbocycles. The van der Waals surface area contributed by atoms with Gasteiger partial charge in [0, 0.05) is 17.5 Å². The van der Waals surface area contributed by atoms with Gasteiger partial charge in [-0.3, -0.25) is 4.79 Å². The van der Waals surface area contributed by atoms with Gasteiger partial charge in [0.05, 0.1) is 12.5 Å². The summed E-state index contributed by atoms with van der Waals surface area (Å²) >= 11 is 1.58. The maximum absolute atomic E-state index is 12.1. The lowest BCUT2D eigenvalue weighted by Gasteiger charge is -2.28. The van der Waals surface area contributed by atoms with Gasteiger partial charge in [-0.05, 0) is 32.2 Å². The minimum absolute atomic E-state index is 0.0470. The number of urea groups is 1. The second kappa shape index (κ2) is 7.13. The quantitative estimate of drug-likeness (QED) is 0.844. The third kappa shape index (κ3) is 4.55. The molecule has 19 heavy (non-hydrogen) atoms. The molecule has 106 valence electrons. The van der Waals surface area contributed by atoms with E-state index >= 15 is 0 Å². The normalized spacial score (nSPS) is 13.6. The van der Waals surface area contributed by atoms with E-state index in [4.69, 9.17) is 5.11 Å². The lowest BCUT2D eigenvalue weighted by molar-refractivity contribution is -0.138. The van der Waals surface area contributed by atoms with E-state index in [2.05, 4.69) is 5.32 Å². The van der Waals surface area contributed by atoms with Crippen molar-refractivity contribution in [3.63, 3.8) is 0 Å². The van der Waals surface area contributed by atoms with Crippen LogP contribution in [-0.2, 0) is 4.79 Å². The van der Waals surface area contributed by atoms with E-state index in [0.29, 0.717) is 6.54 Å². The highest BCUT2D eigenvalue weighted by Gasteiger charge is 2.22. The van der Waals surface area contributed by atoms with Gasteiger partial charge in [0.25, 0.3) is 0 Å². The number of carboxylic acid groups (broad SMARTS) is 1. The van der Waals surface area contributed by atoms with Crippen LogP contribution in [0.15, 0.2) is 17.5 Å². The molecule has 0 aliphatic heterocycles. The van der Waals surface area contributed by atoms with Crippen molar-refractivity contribution < 1.29 is 14.7 Å². The van der Waals surface area contributed by atoms with Crippen LogP contribution < -0.4 is 5.32 Å². The second-order valence-corrected chi connectivity index (χ2v) is 5.40. The SMILES string of the molecule is CCN(C(=O)NC(C)c1cccs1)C(C)CC(=O)O. The summed E-state index contributed by atoms with van der Waals surface area (Å²) in [5, 5.41) is 13.6. The Balaban J connectivity index is 2.61. The third-order valence-electron chi connectivity index (χ3n) is 2.91. The van der Waals surface area contributed by atoms with Crippen molar-refractivity contribution in [1.82, 2.24) is 10.2 Å². The van der Waals surface area contributed by atoms with Gasteiger partial charge < -0.3 is 15.3 Å². The van der Waals surface area contributed by atoms with Crippen LogP contribution in [0.5, 0.6) is 0 Å². The topological polar surface area (TPSA) is 69.6 Å². The summed E-state index contributed by atoms with van der Waals surface area (Å²) in [5.41, 5.74) is 0. The number of thiophene rings is 1. The van der Waals surface area contributed by atoms with Crippen molar-refractivity contribution in [3.8, 4) is 0 Å². The van der Waals surface area contributed by atoms with Gasteiger partial charge in [-0.2, -0.15) is 0 Å². The molecular weight excluding hydrogens is 264 g/mol. The number of nitrogens with one attached hydrogen (secondary N) is 1. The fraction of sp³-hybridized carbons (Fsp3) is 0.538. The third-order valence-corrected chi connectivity index (χ3v) is 3.97. The molecule has 2 unspecified atom stereocenters. The molecule has 2 atom stereocenters. The first kappa shape index (κ1) is 15.5. The first-order valence-corrected chi connectivity index (χ1v) is 7.16. The fourth-order valence-electron chi connectivity index (χ4n) is 1.90. The smallest absolute Gasteiger partial charge is 0.318 e. The summed E-state index contributed by atoms with van der Waals surface area (Å²) in [6.45, 7) is 5.98. The summed E-state index contributed by atoms with van der Waals surface area (Å²) in [6, 6.07) is 3.29. The molecule has 0 saturated heterocycles. The molecule has 0 aliphatic carbocycles. The highest BCUT2D eigenvalue weighted by Crippen LogP contribution is 2.18. The van der Waals surface area contributed by atoms with E-state index < -0.39 is 5.97 Å². The summed E-state index contributed by atoms with van der Waals surface area (Å²) in [5.74, 6) is -0.898. The maximum Gasteiger partial charge on any atom is 0.318 e. The number of carbonyl (C=O) groups is 2. The summed E-state index contributed by atoms with van der Waals surface area (Å²) in [4.78, 5) is 25.5. The largest absolute Gasteiger partial charge is 0.481 e. The van der Waals surface area contributed by atoms with Crippen LogP contribution >= 0.6 is 11.3 Å². The highest BCUT2D eigenvalue weighted by atomic mass is 32.1. The van der Waals surface area contributed by atoms with E-state index in [0.717, 1.165) is 4.88 Å². The molecule has 0 aliphatic rings. The Morgan fingerprint density at radius 2 is 2.16 bits per heavy atom. The number of hydrogen-bond acceptors (Lipinski definition) is 3. The number of hydrogen-bond donors (Lipinski definition) is 2. The van der Waals surface area contributed by atoms with E-state index in [1.807, 2.05) is 31.4 Å². The molecule has 5 nitrogen and oxygen atoms in total. The van der Waals surface area contributed by atoms with Gasteiger partial charge in [-0.1, -0.05) is 6.07 Å². The van der Waals surface area contributed by atoms with Crippen molar-refractivity contribution in [3.05, 3.63) is 22.4 Å². The molecule has 6 heteroatoms. The van der Waals surface area contributed by atoms with Gasteiger partial charge >= 0.3 is 12.0 Å². The average Bonchev–Trinajstić information content (AvgIpc) is 2.81. The lowest BCUT2D eigenvalue weighted by Crippen LogP contribution is -2.46. The molecule has 2 amide bonds. The zero-order chi connectivity index (χ0) is 14.4. The van der Waals surface area contributed by atoms with Gasteiger partial charge in [0.1, 0.15) is 0 Å². The molecule has 1 rings (SSSR count). The van der Waals surface area contributed by atoms with Crippen molar-refractivity contribution in [2.75, 3.05) is 6.54 Å². The Kier molecular flexibility index (Phi) is 5.82. The molecule has 0 bridgehead atoms. The second-order valence-electron chi connectivity index (χ2n) is 4.42. The molecule has 1 aromatic rings.